The molecule has 2 aromatic heterocycles. The van der Waals surface area contributed by atoms with Crippen molar-refractivity contribution in [1.82, 2.24) is 14.5 Å². The topological polar surface area (TPSA) is 89.3 Å². The van der Waals surface area contributed by atoms with Gasteiger partial charge in [0.2, 0.25) is 0 Å². The zero-order valence-corrected chi connectivity index (χ0v) is 20.9. The van der Waals surface area contributed by atoms with E-state index in [1.165, 1.54) is 12.3 Å². The fraction of sp³-hybridized carbons (Fsp3) is 0.480. The molecule has 2 heterocycles. The van der Waals surface area contributed by atoms with Crippen molar-refractivity contribution in [1.29, 1.82) is 0 Å². The van der Waals surface area contributed by atoms with Gasteiger partial charge in [-0.15, -0.1) is 0 Å². The average molecular weight is 524 g/mol. The number of carbonyl (C=O) groups excluding carboxylic acids is 1. The Labute approximate surface area is 210 Å². The van der Waals surface area contributed by atoms with Gasteiger partial charge in [0.05, 0.1) is 22.6 Å². The first kappa shape index (κ1) is 26.3. The van der Waals surface area contributed by atoms with Crippen LogP contribution in [0.25, 0.3) is 11.0 Å². The number of halogens is 3. The second kappa shape index (κ2) is 11.1. The Balaban J connectivity index is 1.58. The van der Waals surface area contributed by atoms with Gasteiger partial charge in [-0.05, 0) is 44.9 Å². The minimum atomic E-state index is -4.48. The highest BCUT2D eigenvalue weighted by molar-refractivity contribution is 7.90. The molecule has 0 spiro atoms. The monoisotopic (exact) mass is 523 g/mol. The van der Waals surface area contributed by atoms with Crippen molar-refractivity contribution in [3.05, 3.63) is 47.8 Å². The molecule has 4 rings (SSSR count). The van der Waals surface area contributed by atoms with E-state index in [-0.39, 0.29) is 28.5 Å². The Kier molecular flexibility index (Phi) is 8.09. The number of hydrogen-bond acceptors (Lipinski definition) is 6. The number of fused-ring (bicyclic) bond motifs is 1. The SMILES string of the molecule is Cc1c(OCC(F)(F)F)ccnc1C[S+]([O-])c1nc2ccccc2n1C(C)OC(=O)C1CCCCC1. The van der Waals surface area contributed by atoms with Crippen LogP contribution in [0.2, 0.25) is 0 Å². The highest BCUT2D eigenvalue weighted by Crippen LogP contribution is 2.31. The lowest BCUT2D eigenvalue weighted by molar-refractivity contribution is -0.159. The molecule has 36 heavy (non-hydrogen) atoms. The molecule has 11 heteroatoms. The fourth-order valence-corrected chi connectivity index (χ4v) is 5.73. The molecule has 0 radical (unpaired) electrons. The normalized spacial score (nSPS) is 16.6. The number of alkyl halides is 3. The molecule has 3 aromatic rings. The van der Waals surface area contributed by atoms with E-state index >= 15 is 0 Å². The van der Waals surface area contributed by atoms with Crippen molar-refractivity contribution in [3.63, 3.8) is 0 Å². The van der Waals surface area contributed by atoms with Gasteiger partial charge in [-0.3, -0.25) is 9.78 Å². The smallest absolute Gasteiger partial charge is 0.422 e. The van der Waals surface area contributed by atoms with Crippen molar-refractivity contribution in [2.45, 2.75) is 69.3 Å². The van der Waals surface area contributed by atoms with Gasteiger partial charge in [0.25, 0.3) is 0 Å². The first-order valence-electron chi connectivity index (χ1n) is 11.8. The molecule has 0 saturated heterocycles. The minimum Gasteiger partial charge on any atom is -0.609 e. The van der Waals surface area contributed by atoms with Gasteiger partial charge >= 0.3 is 17.3 Å². The third-order valence-electron chi connectivity index (χ3n) is 6.27. The molecular weight excluding hydrogens is 495 g/mol. The van der Waals surface area contributed by atoms with Gasteiger partial charge in [0.15, 0.2) is 18.6 Å². The molecule has 0 N–H and O–H groups in total. The summed E-state index contributed by atoms with van der Waals surface area (Å²) in [5.74, 6) is -0.487. The zero-order chi connectivity index (χ0) is 25.9. The number of pyridine rings is 1. The standard InChI is InChI=1S/C25H28F3N3O4S/c1-16-20(29-13-12-22(16)34-15-25(26,27)28)14-36(33)24-30-19-10-6-7-11-21(19)31(24)17(2)35-23(32)18-8-4-3-5-9-18/h6-7,10-13,17-18H,3-5,8-9,14-15H2,1-2H3. The predicted molar refractivity (Wildman–Crippen MR) is 128 cm³/mol. The molecule has 1 aliphatic rings. The van der Waals surface area contributed by atoms with E-state index in [9.17, 15) is 22.5 Å². The number of para-hydroxylation sites is 2. The van der Waals surface area contributed by atoms with Crippen molar-refractivity contribution in [2.75, 3.05) is 6.61 Å². The van der Waals surface area contributed by atoms with Crippen molar-refractivity contribution >= 4 is 28.2 Å². The molecule has 0 bridgehead atoms. The van der Waals surface area contributed by atoms with E-state index in [1.807, 2.05) is 12.1 Å². The maximum Gasteiger partial charge on any atom is 0.422 e. The van der Waals surface area contributed by atoms with Crippen LogP contribution in [0, 0.1) is 12.8 Å². The van der Waals surface area contributed by atoms with E-state index in [0.29, 0.717) is 22.3 Å². The molecule has 1 aliphatic carbocycles. The summed E-state index contributed by atoms with van der Waals surface area (Å²) >= 11 is -1.74. The summed E-state index contributed by atoms with van der Waals surface area (Å²) in [6, 6.07) is 8.55. The molecule has 7 nitrogen and oxygen atoms in total. The molecule has 1 saturated carbocycles. The highest BCUT2D eigenvalue weighted by Gasteiger charge is 2.31. The number of ether oxygens (including phenoxy) is 2. The first-order chi connectivity index (χ1) is 17.1. The van der Waals surface area contributed by atoms with Gasteiger partial charge in [0.1, 0.15) is 5.75 Å². The predicted octanol–water partition coefficient (Wildman–Crippen LogP) is 5.63. The fourth-order valence-electron chi connectivity index (χ4n) is 4.40. The number of nitrogens with zero attached hydrogens (tertiary/aromatic N) is 3. The number of aromatic nitrogens is 3. The van der Waals surface area contributed by atoms with E-state index in [0.717, 1.165) is 32.1 Å². The van der Waals surface area contributed by atoms with Crippen LogP contribution in [-0.4, -0.2) is 37.8 Å². The van der Waals surface area contributed by atoms with Crippen LogP contribution in [0.15, 0.2) is 41.7 Å². The quantitative estimate of drug-likeness (QED) is 0.281. The van der Waals surface area contributed by atoms with Crippen LogP contribution in [-0.2, 0) is 26.5 Å². The third kappa shape index (κ3) is 6.12. The molecule has 0 aliphatic heterocycles. The highest BCUT2D eigenvalue weighted by atomic mass is 32.2. The van der Waals surface area contributed by atoms with Gasteiger partial charge < -0.3 is 14.0 Å². The lowest BCUT2D eigenvalue weighted by atomic mass is 9.89. The Morgan fingerprint density at radius 2 is 1.94 bits per heavy atom. The lowest BCUT2D eigenvalue weighted by Gasteiger charge is -2.24. The van der Waals surface area contributed by atoms with Gasteiger partial charge in [-0.2, -0.15) is 18.2 Å². The molecule has 194 valence electrons. The Bertz CT molecular complexity index is 1210. The molecular formula is C25H28F3N3O4S. The maximum atomic E-state index is 13.5. The number of imidazole rings is 1. The molecule has 1 fully saturated rings. The van der Waals surface area contributed by atoms with Crippen LogP contribution in [0.5, 0.6) is 5.75 Å². The van der Waals surface area contributed by atoms with Crippen molar-refractivity contribution < 1.29 is 32.0 Å². The first-order valence-corrected chi connectivity index (χ1v) is 13.2. The number of rotatable bonds is 8. The summed E-state index contributed by atoms with van der Waals surface area (Å²) in [5.41, 5.74) is 1.96. The van der Waals surface area contributed by atoms with Gasteiger partial charge in [-0.25, -0.2) is 4.57 Å². The van der Waals surface area contributed by atoms with E-state index in [1.54, 1.807) is 30.5 Å². The molecule has 2 atom stereocenters. The molecule has 2 unspecified atom stereocenters. The third-order valence-corrected chi connectivity index (χ3v) is 7.50. The second-order valence-electron chi connectivity index (χ2n) is 8.90. The Hall–Kier alpha value is -2.79. The minimum absolute atomic E-state index is 0.0256. The summed E-state index contributed by atoms with van der Waals surface area (Å²) in [5, 5.41) is 0.197. The van der Waals surface area contributed by atoms with Crippen molar-refractivity contribution in [2.24, 2.45) is 5.92 Å². The van der Waals surface area contributed by atoms with Crippen molar-refractivity contribution in [3.8, 4) is 5.75 Å². The number of esters is 1. The summed E-state index contributed by atoms with van der Waals surface area (Å²) in [7, 11) is 0. The largest absolute Gasteiger partial charge is 0.609 e. The number of hydrogen-bond donors (Lipinski definition) is 0. The van der Waals surface area contributed by atoms with Crippen LogP contribution >= 0.6 is 0 Å². The Morgan fingerprint density at radius 3 is 2.67 bits per heavy atom. The van der Waals surface area contributed by atoms with Gasteiger partial charge in [-0.1, -0.05) is 31.4 Å². The van der Waals surface area contributed by atoms with Gasteiger partial charge in [0, 0.05) is 22.9 Å². The summed E-state index contributed by atoms with van der Waals surface area (Å²) < 4.78 is 63.6. The average Bonchev–Trinajstić information content (AvgIpc) is 3.24. The van der Waals surface area contributed by atoms with E-state index < -0.39 is 30.2 Å². The number of carbonyl (C=O) groups is 1. The van der Waals surface area contributed by atoms with Crippen LogP contribution in [0.1, 0.15) is 56.5 Å². The van der Waals surface area contributed by atoms with Crippen LogP contribution in [0.3, 0.4) is 0 Å². The summed E-state index contributed by atoms with van der Waals surface area (Å²) in [4.78, 5) is 21.5. The van der Waals surface area contributed by atoms with E-state index in [2.05, 4.69) is 9.97 Å². The van der Waals surface area contributed by atoms with E-state index in [4.69, 9.17) is 9.47 Å². The zero-order valence-electron chi connectivity index (χ0n) is 20.1. The summed E-state index contributed by atoms with van der Waals surface area (Å²) in [6.07, 6.45) is 0.799. The lowest BCUT2D eigenvalue weighted by Crippen LogP contribution is -2.25. The Morgan fingerprint density at radius 1 is 1.22 bits per heavy atom. The molecule has 0 amide bonds. The van der Waals surface area contributed by atoms with Crippen LogP contribution in [0.4, 0.5) is 13.2 Å². The maximum absolute atomic E-state index is 13.5. The number of benzene rings is 1. The molecule has 1 aromatic carbocycles. The second-order valence-corrected chi connectivity index (χ2v) is 10.2. The summed E-state index contributed by atoms with van der Waals surface area (Å²) in [6.45, 7) is 1.85. The van der Waals surface area contributed by atoms with Crippen LogP contribution < -0.4 is 4.74 Å².